The molecular formula is C12H10ClF2N3O2S. The number of amides is 1. The third-order valence-corrected chi connectivity index (χ3v) is 3.50. The molecule has 21 heavy (non-hydrogen) atoms. The fourth-order valence-electron chi connectivity index (χ4n) is 1.38. The van der Waals surface area contributed by atoms with Gasteiger partial charge in [-0.2, -0.15) is 8.78 Å². The van der Waals surface area contributed by atoms with Crippen LogP contribution >= 0.6 is 22.9 Å². The van der Waals surface area contributed by atoms with Crippen molar-refractivity contribution < 1.29 is 18.3 Å². The molecule has 0 fully saturated rings. The van der Waals surface area contributed by atoms with Gasteiger partial charge in [-0.05, 0) is 30.7 Å². The highest BCUT2D eigenvalue weighted by atomic mass is 35.5. The third kappa shape index (κ3) is 4.61. The van der Waals surface area contributed by atoms with Crippen LogP contribution in [0.2, 0.25) is 0 Å². The van der Waals surface area contributed by atoms with Crippen LogP contribution in [0.3, 0.4) is 0 Å². The lowest BCUT2D eigenvalue weighted by Gasteiger charge is -2.08. The molecule has 0 bridgehead atoms. The van der Waals surface area contributed by atoms with Gasteiger partial charge in [0.05, 0.1) is 12.2 Å². The van der Waals surface area contributed by atoms with Gasteiger partial charge in [0.15, 0.2) is 0 Å². The fourth-order valence-corrected chi connectivity index (χ4v) is 2.36. The molecule has 112 valence electrons. The van der Waals surface area contributed by atoms with Crippen molar-refractivity contribution in [1.29, 1.82) is 0 Å². The number of alkyl halides is 3. The largest absolute Gasteiger partial charge is 0.413 e. The molecule has 2 rings (SSSR count). The second-order valence-corrected chi connectivity index (χ2v) is 5.51. The highest BCUT2D eigenvalue weighted by Crippen LogP contribution is 2.33. The van der Waals surface area contributed by atoms with Crippen molar-refractivity contribution >= 4 is 29.0 Å². The van der Waals surface area contributed by atoms with Gasteiger partial charge in [0.2, 0.25) is 5.06 Å². The zero-order chi connectivity index (χ0) is 15.5. The highest BCUT2D eigenvalue weighted by molar-refractivity contribution is 7.17. The molecular weight excluding hydrogens is 324 g/mol. The Balaban J connectivity index is 2.05. The van der Waals surface area contributed by atoms with E-state index in [9.17, 15) is 13.6 Å². The SMILES string of the molecule is Cc1nc(-c2cccnc2)sc1OC(=O)NCC(F)(F)Cl. The summed E-state index contributed by atoms with van der Waals surface area (Å²) in [6.45, 7) is 0.635. The van der Waals surface area contributed by atoms with E-state index < -0.39 is 18.0 Å². The van der Waals surface area contributed by atoms with Crippen molar-refractivity contribution in [2.24, 2.45) is 0 Å². The Labute approximate surface area is 127 Å². The maximum Gasteiger partial charge on any atom is 0.413 e. The summed E-state index contributed by atoms with van der Waals surface area (Å²) in [6.07, 6.45) is 2.23. The van der Waals surface area contributed by atoms with Gasteiger partial charge in [0.25, 0.3) is 0 Å². The van der Waals surface area contributed by atoms with E-state index in [0.29, 0.717) is 10.7 Å². The van der Waals surface area contributed by atoms with Crippen LogP contribution in [0.5, 0.6) is 5.06 Å². The Kier molecular flexibility index (Phi) is 4.69. The van der Waals surface area contributed by atoms with Gasteiger partial charge in [-0.15, -0.1) is 0 Å². The van der Waals surface area contributed by atoms with Crippen molar-refractivity contribution in [3.63, 3.8) is 0 Å². The molecule has 0 aromatic carbocycles. The number of ether oxygens (including phenoxy) is 1. The molecule has 0 atom stereocenters. The van der Waals surface area contributed by atoms with E-state index in [1.54, 1.807) is 25.4 Å². The van der Waals surface area contributed by atoms with Crippen molar-refractivity contribution in [2.75, 3.05) is 6.54 Å². The predicted octanol–water partition coefficient (Wildman–Crippen LogP) is 3.43. The average molecular weight is 334 g/mol. The second kappa shape index (κ2) is 6.31. The first-order valence-electron chi connectivity index (χ1n) is 5.75. The summed E-state index contributed by atoms with van der Waals surface area (Å²) in [7, 11) is 0. The van der Waals surface area contributed by atoms with Crippen molar-refractivity contribution in [2.45, 2.75) is 12.3 Å². The number of pyridine rings is 1. The summed E-state index contributed by atoms with van der Waals surface area (Å²) in [5.74, 6) is 0. The maximum absolute atomic E-state index is 12.4. The van der Waals surface area contributed by atoms with Gasteiger partial charge in [-0.1, -0.05) is 11.3 Å². The van der Waals surface area contributed by atoms with E-state index in [-0.39, 0.29) is 5.06 Å². The van der Waals surface area contributed by atoms with Crippen LogP contribution in [0, 0.1) is 6.92 Å². The zero-order valence-corrected chi connectivity index (χ0v) is 12.3. The van der Waals surface area contributed by atoms with Crippen LogP contribution in [0.25, 0.3) is 10.6 Å². The number of nitrogens with zero attached hydrogens (tertiary/aromatic N) is 2. The first kappa shape index (κ1) is 15.6. The monoisotopic (exact) mass is 333 g/mol. The summed E-state index contributed by atoms with van der Waals surface area (Å²) < 4.78 is 29.7. The summed E-state index contributed by atoms with van der Waals surface area (Å²) in [5.41, 5.74) is 1.25. The fraction of sp³-hybridized carbons (Fsp3) is 0.250. The maximum atomic E-state index is 12.4. The normalized spacial score (nSPS) is 11.2. The van der Waals surface area contributed by atoms with Crippen LogP contribution in [-0.4, -0.2) is 28.0 Å². The molecule has 0 aliphatic rings. The minimum Gasteiger partial charge on any atom is -0.397 e. The molecule has 5 nitrogen and oxygen atoms in total. The molecule has 0 saturated heterocycles. The molecule has 0 unspecified atom stereocenters. The number of nitrogens with one attached hydrogen (secondary N) is 1. The molecule has 2 aromatic rings. The minimum absolute atomic E-state index is 0.226. The van der Waals surface area contributed by atoms with Crippen LogP contribution in [0.15, 0.2) is 24.5 Å². The number of carbonyl (C=O) groups excluding carboxylic acids is 1. The number of carbonyl (C=O) groups is 1. The van der Waals surface area contributed by atoms with Crippen molar-refractivity contribution in [3.05, 3.63) is 30.2 Å². The number of aromatic nitrogens is 2. The van der Waals surface area contributed by atoms with Crippen molar-refractivity contribution in [3.8, 4) is 15.6 Å². The summed E-state index contributed by atoms with van der Waals surface area (Å²) in [5, 5.41) is -0.798. The summed E-state index contributed by atoms with van der Waals surface area (Å²) in [6, 6.07) is 3.56. The van der Waals surface area contributed by atoms with Gasteiger partial charge >= 0.3 is 11.5 Å². The summed E-state index contributed by atoms with van der Waals surface area (Å²) >= 11 is 5.79. The van der Waals surface area contributed by atoms with Gasteiger partial charge in [-0.3, -0.25) is 4.98 Å². The van der Waals surface area contributed by atoms with Crippen LogP contribution in [-0.2, 0) is 0 Å². The Morgan fingerprint density at radius 3 is 2.95 bits per heavy atom. The minimum atomic E-state index is -3.51. The lowest BCUT2D eigenvalue weighted by Crippen LogP contribution is -2.35. The van der Waals surface area contributed by atoms with Gasteiger partial charge in [-0.25, -0.2) is 9.78 Å². The number of hydrogen-bond acceptors (Lipinski definition) is 5. The predicted molar refractivity (Wildman–Crippen MR) is 74.9 cm³/mol. The van der Waals surface area contributed by atoms with Gasteiger partial charge < -0.3 is 10.1 Å². The molecule has 1 amide bonds. The van der Waals surface area contributed by atoms with E-state index in [4.69, 9.17) is 4.74 Å². The lowest BCUT2D eigenvalue weighted by atomic mass is 10.3. The van der Waals surface area contributed by atoms with Crippen LogP contribution in [0.1, 0.15) is 5.69 Å². The number of hydrogen-bond donors (Lipinski definition) is 1. The molecule has 0 aliphatic heterocycles. The third-order valence-electron chi connectivity index (χ3n) is 2.28. The van der Waals surface area contributed by atoms with E-state index in [1.165, 1.54) is 0 Å². The smallest absolute Gasteiger partial charge is 0.397 e. The number of rotatable bonds is 4. The molecule has 0 aliphatic carbocycles. The zero-order valence-electron chi connectivity index (χ0n) is 10.8. The topological polar surface area (TPSA) is 64.1 Å². The van der Waals surface area contributed by atoms with Crippen molar-refractivity contribution in [1.82, 2.24) is 15.3 Å². The molecule has 0 saturated carbocycles. The molecule has 0 radical (unpaired) electrons. The number of thiazole rings is 1. The average Bonchev–Trinajstić information content (AvgIpc) is 2.78. The molecule has 0 spiro atoms. The number of halogens is 3. The molecule has 9 heteroatoms. The van der Waals surface area contributed by atoms with Crippen LogP contribution < -0.4 is 10.1 Å². The lowest BCUT2D eigenvalue weighted by molar-refractivity contribution is 0.0939. The van der Waals surface area contributed by atoms with Gasteiger partial charge in [0.1, 0.15) is 5.01 Å². The molecule has 2 aromatic heterocycles. The quantitative estimate of drug-likeness (QED) is 0.871. The van der Waals surface area contributed by atoms with E-state index in [2.05, 4.69) is 21.6 Å². The Hall–Kier alpha value is -1.80. The first-order chi connectivity index (χ1) is 9.85. The Morgan fingerprint density at radius 2 is 2.33 bits per heavy atom. The second-order valence-electron chi connectivity index (χ2n) is 3.99. The van der Waals surface area contributed by atoms with E-state index in [0.717, 1.165) is 16.9 Å². The standard InChI is InChI=1S/C12H10ClF2N3O2S/c1-7-10(20-11(19)17-6-12(13,14)15)21-9(18-7)8-3-2-4-16-5-8/h2-5H,6H2,1H3,(H,17,19). The Bertz CT molecular complexity index is 631. The summed E-state index contributed by atoms with van der Waals surface area (Å²) in [4.78, 5) is 19.6. The van der Waals surface area contributed by atoms with E-state index >= 15 is 0 Å². The first-order valence-corrected chi connectivity index (χ1v) is 6.95. The van der Waals surface area contributed by atoms with E-state index in [1.807, 2.05) is 11.4 Å². The molecule has 1 N–H and O–H groups in total. The molecule has 2 heterocycles. The van der Waals surface area contributed by atoms with Crippen LogP contribution in [0.4, 0.5) is 13.6 Å². The van der Waals surface area contributed by atoms with Gasteiger partial charge in [0, 0.05) is 18.0 Å². The number of aryl methyl sites for hydroxylation is 1. The highest BCUT2D eigenvalue weighted by Gasteiger charge is 2.26. The Morgan fingerprint density at radius 1 is 1.57 bits per heavy atom.